The molecule has 0 aromatic carbocycles. The van der Waals surface area contributed by atoms with Crippen molar-refractivity contribution in [3.8, 4) is 0 Å². The van der Waals surface area contributed by atoms with Crippen molar-refractivity contribution < 1.29 is 0 Å². The highest BCUT2D eigenvalue weighted by atomic mass is 15.0. The van der Waals surface area contributed by atoms with E-state index in [9.17, 15) is 0 Å². The molecule has 0 heterocycles. The fourth-order valence-corrected chi connectivity index (χ4v) is 1.69. The summed E-state index contributed by atoms with van der Waals surface area (Å²) in [4.78, 5) is 4.54. The van der Waals surface area contributed by atoms with E-state index in [-0.39, 0.29) is 11.6 Å². The summed E-state index contributed by atoms with van der Waals surface area (Å²) in [6.07, 6.45) is 3.05. The zero-order valence-corrected chi connectivity index (χ0v) is 11.9. The third kappa shape index (κ3) is 7.47. The fraction of sp³-hybridized carbons (Fsp3) is 0.923. The maximum absolute atomic E-state index is 5.79. The maximum atomic E-state index is 5.79. The van der Waals surface area contributed by atoms with Gasteiger partial charge in [0.25, 0.3) is 0 Å². The van der Waals surface area contributed by atoms with Gasteiger partial charge in [-0.05, 0) is 26.7 Å². The van der Waals surface area contributed by atoms with E-state index in [0.717, 1.165) is 32.4 Å². The second kappa shape index (κ2) is 8.61. The lowest BCUT2D eigenvalue weighted by Crippen LogP contribution is -2.48. The van der Waals surface area contributed by atoms with E-state index in [1.165, 1.54) is 5.71 Å². The predicted octanol–water partition coefficient (Wildman–Crippen LogP) is 1.29. The molecule has 0 aliphatic rings. The zero-order valence-electron chi connectivity index (χ0n) is 11.9. The van der Waals surface area contributed by atoms with Crippen LogP contribution in [0.3, 0.4) is 0 Å². The Morgan fingerprint density at radius 2 is 2.06 bits per heavy atom. The minimum Gasteiger partial charge on any atom is -0.329 e. The molecule has 0 rings (SSSR count). The van der Waals surface area contributed by atoms with Crippen LogP contribution in [0.5, 0.6) is 0 Å². The highest BCUT2D eigenvalue weighted by molar-refractivity contribution is 5.85. The summed E-state index contributed by atoms with van der Waals surface area (Å²) in [5, 5.41) is 3.55. The predicted molar refractivity (Wildman–Crippen MR) is 76.6 cm³/mol. The van der Waals surface area contributed by atoms with Crippen molar-refractivity contribution in [2.75, 3.05) is 19.6 Å². The van der Waals surface area contributed by atoms with Crippen molar-refractivity contribution in [2.24, 2.45) is 16.5 Å². The second-order valence-corrected chi connectivity index (χ2v) is 5.04. The first kappa shape index (κ1) is 16.6. The van der Waals surface area contributed by atoms with E-state index in [4.69, 9.17) is 11.5 Å². The van der Waals surface area contributed by atoms with Crippen molar-refractivity contribution in [3.05, 3.63) is 0 Å². The van der Waals surface area contributed by atoms with Gasteiger partial charge in [0.05, 0.1) is 6.54 Å². The topological polar surface area (TPSA) is 76.4 Å². The summed E-state index contributed by atoms with van der Waals surface area (Å²) in [5.74, 6) is 0. The van der Waals surface area contributed by atoms with Crippen molar-refractivity contribution in [3.63, 3.8) is 0 Å². The molecule has 0 amide bonds. The van der Waals surface area contributed by atoms with E-state index >= 15 is 0 Å². The molecule has 2 unspecified atom stereocenters. The molecule has 0 fully saturated rings. The SMILES string of the molecule is CCC(CC(C)(CC)NCC(C)N)=NCCN. The first-order valence-corrected chi connectivity index (χ1v) is 6.70. The highest BCUT2D eigenvalue weighted by Crippen LogP contribution is 2.16. The fourth-order valence-electron chi connectivity index (χ4n) is 1.69. The molecule has 0 spiro atoms. The first-order chi connectivity index (χ1) is 7.97. The Hall–Kier alpha value is -0.450. The number of rotatable bonds is 9. The molecule has 5 N–H and O–H groups in total. The van der Waals surface area contributed by atoms with Crippen molar-refractivity contribution in [2.45, 2.75) is 58.5 Å². The lowest BCUT2D eigenvalue weighted by atomic mass is 9.90. The van der Waals surface area contributed by atoms with Gasteiger partial charge in [-0.2, -0.15) is 0 Å². The molecule has 0 radical (unpaired) electrons. The number of nitrogens with one attached hydrogen (secondary N) is 1. The van der Waals surface area contributed by atoms with E-state index in [0.29, 0.717) is 6.54 Å². The molecule has 0 aromatic heterocycles. The van der Waals surface area contributed by atoms with Crippen LogP contribution in [0.25, 0.3) is 0 Å². The lowest BCUT2D eigenvalue weighted by Gasteiger charge is -2.31. The number of aliphatic imine (C=N–C) groups is 1. The Kier molecular flexibility index (Phi) is 8.39. The zero-order chi connectivity index (χ0) is 13.3. The minimum absolute atomic E-state index is 0.0943. The third-order valence-electron chi connectivity index (χ3n) is 3.10. The van der Waals surface area contributed by atoms with Crippen LogP contribution in [-0.2, 0) is 0 Å². The molecular formula is C13H30N4. The average molecular weight is 242 g/mol. The summed E-state index contributed by atoms with van der Waals surface area (Å²) in [5.41, 5.74) is 12.6. The van der Waals surface area contributed by atoms with Gasteiger partial charge in [0.1, 0.15) is 0 Å². The van der Waals surface area contributed by atoms with Crippen LogP contribution in [0.1, 0.15) is 47.0 Å². The Morgan fingerprint density at radius 3 is 2.47 bits per heavy atom. The Morgan fingerprint density at radius 1 is 1.41 bits per heavy atom. The minimum atomic E-state index is 0.0943. The van der Waals surface area contributed by atoms with Crippen LogP contribution in [0.2, 0.25) is 0 Å². The maximum Gasteiger partial charge on any atom is 0.0511 e. The van der Waals surface area contributed by atoms with E-state index in [1.54, 1.807) is 0 Å². The van der Waals surface area contributed by atoms with Crippen LogP contribution in [0.4, 0.5) is 0 Å². The molecule has 0 bridgehead atoms. The molecule has 0 saturated carbocycles. The van der Waals surface area contributed by atoms with E-state index in [1.807, 2.05) is 6.92 Å². The smallest absolute Gasteiger partial charge is 0.0511 e. The van der Waals surface area contributed by atoms with Gasteiger partial charge in [-0.3, -0.25) is 4.99 Å². The van der Waals surface area contributed by atoms with Crippen molar-refractivity contribution in [1.29, 1.82) is 0 Å². The molecule has 0 aliphatic heterocycles. The molecule has 4 nitrogen and oxygen atoms in total. The molecule has 0 aromatic rings. The van der Waals surface area contributed by atoms with Crippen molar-refractivity contribution >= 4 is 5.71 Å². The van der Waals surface area contributed by atoms with Gasteiger partial charge in [-0.25, -0.2) is 0 Å². The molecule has 0 saturated heterocycles. The second-order valence-electron chi connectivity index (χ2n) is 5.04. The normalized spacial score (nSPS) is 17.9. The lowest BCUT2D eigenvalue weighted by molar-refractivity contribution is 0.345. The summed E-state index contributed by atoms with van der Waals surface area (Å²) in [7, 11) is 0. The molecule has 4 heteroatoms. The summed E-state index contributed by atoms with van der Waals surface area (Å²) < 4.78 is 0. The number of nitrogens with zero attached hydrogens (tertiary/aromatic N) is 1. The standard InChI is InChI=1S/C13H30N4/c1-5-12(16-8-7-14)9-13(4,6-2)17-10-11(3)15/h11,17H,5-10,14-15H2,1-4H3. The van der Waals surface area contributed by atoms with Gasteiger partial charge in [-0.15, -0.1) is 0 Å². The summed E-state index contributed by atoms with van der Waals surface area (Å²) in [6, 6.07) is 0.187. The molecule has 102 valence electrons. The average Bonchev–Trinajstić information content (AvgIpc) is 2.32. The van der Waals surface area contributed by atoms with Gasteiger partial charge < -0.3 is 16.8 Å². The number of hydrogen-bond donors (Lipinski definition) is 3. The van der Waals surface area contributed by atoms with Crippen LogP contribution >= 0.6 is 0 Å². The Bertz CT molecular complexity index is 225. The van der Waals surface area contributed by atoms with Crippen LogP contribution in [0, 0.1) is 0 Å². The van der Waals surface area contributed by atoms with E-state index < -0.39 is 0 Å². The van der Waals surface area contributed by atoms with Crippen LogP contribution in [-0.4, -0.2) is 36.9 Å². The third-order valence-corrected chi connectivity index (χ3v) is 3.10. The van der Waals surface area contributed by atoms with Gasteiger partial charge in [-0.1, -0.05) is 13.8 Å². The van der Waals surface area contributed by atoms with E-state index in [2.05, 4.69) is 31.1 Å². The number of hydrogen-bond acceptors (Lipinski definition) is 4. The molecule has 2 atom stereocenters. The number of nitrogens with two attached hydrogens (primary N) is 2. The molecular weight excluding hydrogens is 212 g/mol. The Labute approximate surface area is 106 Å². The monoisotopic (exact) mass is 242 g/mol. The largest absolute Gasteiger partial charge is 0.329 e. The first-order valence-electron chi connectivity index (χ1n) is 6.70. The van der Waals surface area contributed by atoms with Gasteiger partial charge in [0, 0.05) is 36.8 Å². The molecule has 17 heavy (non-hydrogen) atoms. The summed E-state index contributed by atoms with van der Waals surface area (Å²) >= 11 is 0. The van der Waals surface area contributed by atoms with Crippen molar-refractivity contribution in [1.82, 2.24) is 5.32 Å². The Balaban J connectivity index is 4.42. The van der Waals surface area contributed by atoms with Gasteiger partial charge >= 0.3 is 0 Å². The van der Waals surface area contributed by atoms with Crippen LogP contribution < -0.4 is 16.8 Å². The van der Waals surface area contributed by atoms with Gasteiger partial charge in [0.15, 0.2) is 0 Å². The quantitative estimate of drug-likeness (QED) is 0.533. The highest BCUT2D eigenvalue weighted by Gasteiger charge is 2.23. The molecule has 0 aliphatic carbocycles. The van der Waals surface area contributed by atoms with Gasteiger partial charge in [0.2, 0.25) is 0 Å². The summed E-state index contributed by atoms with van der Waals surface area (Å²) in [6.45, 7) is 10.8. The van der Waals surface area contributed by atoms with Crippen LogP contribution in [0.15, 0.2) is 4.99 Å².